The molecule has 1 fully saturated rings. The number of carbonyl (C=O) groups excluding carboxylic acids is 2. The molecular weight excluding hydrogens is 527 g/mol. The molecule has 1 aliphatic carbocycles. The van der Waals surface area contributed by atoms with Gasteiger partial charge in [0.15, 0.2) is 5.96 Å². The molecule has 174 valence electrons. The molecule has 31 heavy (non-hydrogen) atoms. The molecule has 0 aromatic heterocycles. The number of hydrogen-bond acceptors (Lipinski definition) is 5. The second-order valence-corrected chi connectivity index (χ2v) is 8.65. The van der Waals surface area contributed by atoms with Gasteiger partial charge < -0.3 is 20.3 Å². The Kier molecular flexibility index (Phi) is 13.6. The molecule has 0 spiro atoms. The minimum absolute atomic E-state index is 0. The van der Waals surface area contributed by atoms with Crippen LogP contribution < -0.4 is 10.6 Å². The third-order valence-electron chi connectivity index (χ3n) is 4.97. The molecule has 9 heteroatoms. The first kappa shape index (κ1) is 27.5. The van der Waals surface area contributed by atoms with Gasteiger partial charge in [-0.3, -0.25) is 9.59 Å². The molecule has 1 aromatic carbocycles. The smallest absolute Gasteiger partial charge is 0.308 e. The minimum atomic E-state index is -0.0857. The van der Waals surface area contributed by atoms with Crippen LogP contribution in [0.5, 0.6) is 0 Å². The molecule has 0 bridgehead atoms. The summed E-state index contributed by atoms with van der Waals surface area (Å²) in [5, 5.41) is 6.79. The normalized spacial score (nSPS) is 18.5. The zero-order valence-electron chi connectivity index (χ0n) is 18.6. The van der Waals surface area contributed by atoms with Crippen LogP contribution in [0.15, 0.2) is 40.2 Å². The lowest BCUT2D eigenvalue weighted by molar-refractivity contribution is -0.149. The predicted octanol–water partition coefficient (Wildman–Crippen LogP) is 3.14. The zero-order valence-corrected chi connectivity index (χ0v) is 21.8. The van der Waals surface area contributed by atoms with E-state index in [9.17, 15) is 9.59 Å². The van der Waals surface area contributed by atoms with E-state index >= 15 is 0 Å². The van der Waals surface area contributed by atoms with Crippen molar-refractivity contribution < 1.29 is 14.3 Å². The fraction of sp³-hybridized carbons (Fsp3) is 0.591. The average Bonchev–Trinajstić information content (AvgIpc) is 2.75. The molecule has 0 radical (unpaired) electrons. The molecule has 0 atom stereocenters. The number of aliphatic imine (C=N–C) groups is 1. The van der Waals surface area contributed by atoms with Crippen LogP contribution in [0.2, 0.25) is 0 Å². The Morgan fingerprint density at radius 3 is 2.45 bits per heavy atom. The van der Waals surface area contributed by atoms with E-state index in [1.54, 1.807) is 25.9 Å². The highest BCUT2D eigenvalue weighted by Crippen LogP contribution is 2.25. The van der Waals surface area contributed by atoms with Crippen molar-refractivity contribution in [1.29, 1.82) is 0 Å². The Bertz CT molecular complexity index is 695. The molecular formula is C22H35IN4O3S. The first-order valence-electron chi connectivity index (χ1n) is 10.6. The van der Waals surface area contributed by atoms with Crippen molar-refractivity contribution in [2.45, 2.75) is 43.5 Å². The van der Waals surface area contributed by atoms with Gasteiger partial charge in [0, 0.05) is 37.3 Å². The molecule has 0 heterocycles. The second kappa shape index (κ2) is 15.3. The number of guanidine groups is 1. The van der Waals surface area contributed by atoms with Gasteiger partial charge in [-0.2, -0.15) is 0 Å². The second-order valence-electron chi connectivity index (χ2n) is 7.49. The van der Waals surface area contributed by atoms with Gasteiger partial charge in [0.1, 0.15) is 6.54 Å². The van der Waals surface area contributed by atoms with E-state index < -0.39 is 0 Å². The van der Waals surface area contributed by atoms with E-state index in [0.29, 0.717) is 12.6 Å². The van der Waals surface area contributed by atoms with E-state index in [2.05, 4.69) is 27.8 Å². The van der Waals surface area contributed by atoms with E-state index in [1.165, 1.54) is 9.80 Å². The number of esters is 1. The van der Waals surface area contributed by atoms with E-state index in [0.717, 1.165) is 38.0 Å². The molecule has 2 N–H and O–H groups in total. The first-order chi connectivity index (χ1) is 14.5. The fourth-order valence-electron chi connectivity index (χ4n) is 3.22. The predicted molar refractivity (Wildman–Crippen MR) is 137 cm³/mol. The Morgan fingerprint density at radius 1 is 1.16 bits per heavy atom. The van der Waals surface area contributed by atoms with Crippen molar-refractivity contribution in [2.24, 2.45) is 10.9 Å². The molecule has 1 saturated carbocycles. The highest BCUT2D eigenvalue weighted by molar-refractivity contribution is 14.0. The van der Waals surface area contributed by atoms with Crippen LogP contribution in [0.3, 0.4) is 0 Å². The van der Waals surface area contributed by atoms with Gasteiger partial charge in [0.2, 0.25) is 5.91 Å². The molecule has 1 aromatic rings. The van der Waals surface area contributed by atoms with Gasteiger partial charge in [-0.25, -0.2) is 4.99 Å². The Balaban J connectivity index is 0.00000480. The molecule has 1 amide bonds. The van der Waals surface area contributed by atoms with Crippen molar-refractivity contribution in [3.8, 4) is 0 Å². The number of ether oxygens (including phenoxy) is 1. The highest BCUT2D eigenvalue weighted by Gasteiger charge is 2.27. The maximum Gasteiger partial charge on any atom is 0.308 e. The van der Waals surface area contributed by atoms with E-state index in [-0.39, 0.29) is 54.4 Å². The monoisotopic (exact) mass is 562 g/mol. The Labute approximate surface area is 207 Å². The number of amides is 1. The van der Waals surface area contributed by atoms with Crippen LogP contribution in [0.25, 0.3) is 0 Å². The maximum atomic E-state index is 11.9. The molecule has 2 rings (SSSR count). The van der Waals surface area contributed by atoms with E-state index in [1.807, 2.05) is 25.1 Å². The number of rotatable bonds is 9. The maximum absolute atomic E-state index is 11.9. The summed E-state index contributed by atoms with van der Waals surface area (Å²) in [5.41, 5.74) is 0. The van der Waals surface area contributed by atoms with Crippen LogP contribution in [-0.4, -0.2) is 68.3 Å². The molecule has 7 nitrogen and oxygen atoms in total. The van der Waals surface area contributed by atoms with Gasteiger partial charge in [-0.05, 0) is 44.7 Å². The highest BCUT2D eigenvalue weighted by atomic mass is 127. The van der Waals surface area contributed by atoms with Crippen LogP contribution in [0, 0.1) is 5.92 Å². The van der Waals surface area contributed by atoms with Gasteiger partial charge in [-0.1, -0.05) is 18.2 Å². The lowest BCUT2D eigenvalue weighted by Gasteiger charge is -2.29. The summed E-state index contributed by atoms with van der Waals surface area (Å²) in [6.07, 6.45) is 3.38. The molecule has 0 aliphatic heterocycles. The van der Waals surface area contributed by atoms with Gasteiger partial charge in [-0.15, -0.1) is 35.7 Å². The average molecular weight is 563 g/mol. The first-order valence-corrected chi connectivity index (χ1v) is 11.6. The number of nitrogens with one attached hydrogen (secondary N) is 2. The number of carbonyl (C=O) groups is 2. The number of hydrogen-bond donors (Lipinski definition) is 2. The van der Waals surface area contributed by atoms with Crippen molar-refractivity contribution in [3.05, 3.63) is 30.3 Å². The minimum Gasteiger partial charge on any atom is -0.466 e. The van der Waals surface area contributed by atoms with Crippen LogP contribution in [-0.2, 0) is 14.3 Å². The van der Waals surface area contributed by atoms with Crippen LogP contribution in [0.1, 0.15) is 32.6 Å². The topological polar surface area (TPSA) is 83.0 Å². The third-order valence-corrected chi connectivity index (χ3v) is 5.98. The van der Waals surface area contributed by atoms with Gasteiger partial charge >= 0.3 is 5.97 Å². The largest absolute Gasteiger partial charge is 0.466 e. The van der Waals surface area contributed by atoms with Gasteiger partial charge in [0.05, 0.1) is 12.5 Å². The van der Waals surface area contributed by atoms with Crippen molar-refractivity contribution >= 4 is 53.6 Å². The summed E-state index contributed by atoms with van der Waals surface area (Å²) in [6.45, 7) is 3.11. The van der Waals surface area contributed by atoms with Crippen LogP contribution in [0.4, 0.5) is 0 Å². The molecule has 1 aliphatic rings. The molecule has 0 saturated heterocycles. The third kappa shape index (κ3) is 10.6. The summed E-state index contributed by atoms with van der Waals surface area (Å²) < 4.78 is 5.15. The summed E-state index contributed by atoms with van der Waals surface area (Å²) >= 11 is 1.77. The fourth-order valence-corrected chi connectivity index (χ4v) is 4.01. The van der Waals surface area contributed by atoms with Crippen LogP contribution >= 0.6 is 35.7 Å². The van der Waals surface area contributed by atoms with Crippen molar-refractivity contribution in [2.75, 3.05) is 39.5 Å². The number of halogens is 1. The number of nitrogens with zero attached hydrogens (tertiary/aromatic N) is 2. The summed E-state index contributed by atoms with van der Waals surface area (Å²) in [4.78, 5) is 31.1. The Morgan fingerprint density at radius 2 is 1.84 bits per heavy atom. The van der Waals surface area contributed by atoms with Crippen molar-refractivity contribution in [1.82, 2.24) is 15.5 Å². The molecule has 0 unspecified atom stereocenters. The number of likely N-dealkylation sites (N-methyl/N-ethyl adjacent to an activating group) is 1. The van der Waals surface area contributed by atoms with E-state index in [4.69, 9.17) is 4.74 Å². The number of thioether (sulfide) groups is 1. The zero-order chi connectivity index (χ0) is 21.8. The quantitative estimate of drug-likeness (QED) is 0.120. The summed E-state index contributed by atoms with van der Waals surface area (Å²) in [5.74, 6) is 1.41. The SMILES string of the molecule is CCOC(=O)C1CCC(NC(=NCC(=O)N(C)C)NCCSc2ccccc2)CC1.I. The standard InChI is InChI=1S/C22H34N4O3S.HI/c1-4-29-21(28)17-10-12-18(13-11-17)25-22(24-16-20(27)26(2)3)23-14-15-30-19-8-6-5-7-9-19;/h5-9,17-18H,4,10-16H2,1-3H3,(H2,23,24,25);1H. The van der Waals surface area contributed by atoms with Gasteiger partial charge in [0.25, 0.3) is 0 Å². The lowest BCUT2D eigenvalue weighted by atomic mass is 9.86. The number of benzene rings is 1. The summed E-state index contributed by atoms with van der Waals surface area (Å²) in [6, 6.07) is 10.5. The lowest BCUT2D eigenvalue weighted by Crippen LogP contribution is -2.46. The summed E-state index contributed by atoms with van der Waals surface area (Å²) in [7, 11) is 3.46. The Hall–Kier alpha value is -1.49. The van der Waals surface area contributed by atoms with Crippen molar-refractivity contribution in [3.63, 3.8) is 0 Å².